The summed E-state index contributed by atoms with van der Waals surface area (Å²) in [6.45, 7) is 9.49. The van der Waals surface area contributed by atoms with Gasteiger partial charge in [0.25, 0.3) is 0 Å². The Balaban J connectivity index is 3.52. The number of rotatable bonds is 5. The van der Waals surface area contributed by atoms with Crippen molar-refractivity contribution in [2.75, 3.05) is 6.54 Å². The lowest BCUT2D eigenvalue weighted by molar-refractivity contribution is 0.387. The molecule has 0 heterocycles. The standard InChI is InChI=1S/C9H22N2/c1-5-8(3)11-7-9(4,10)6-2/h8,11H,5-7,10H2,1-4H3. The quantitative estimate of drug-likeness (QED) is 0.636. The van der Waals surface area contributed by atoms with Crippen molar-refractivity contribution in [3.8, 4) is 0 Å². The van der Waals surface area contributed by atoms with Gasteiger partial charge in [0, 0.05) is 18.1 Å². The third-order valence-corrected chi connectivity index (χ3v) is 2.27. The number of nitrogens with two attached hydrogens (primary N) is 1. The van der Waals surface area contributed by atoms with Gasteiger partial charge in [0.2, 0.25) is 0 Å². The molecule has 0 aliphatic heterocycles. The topological polar surface area (TPSA) is 38.0 Å². The maximum absolute atomic E-state index is 5.96. The van der Waals surface area contributed by atoms with E-state index in [1.807, 2.05) is 0 Å². The van der Waals surface area contributed by atoms with Gasteiger partial charge in [-0.3, -0.25) is 0 Å². The molecule has 2 nitrogen and oxygen atoms in total. The van der Waals surface area contributed by atoms with Gasteiger partial charge in [-0.1, -0.05) is 13.8 Å². The van der Waals surface area contributed by atoms with Crippen LogP contribution in [0.3, 0.4) is 0 Å². The molecule has 3 N–H and O–H groups in total. The van der Waals surface area contributed by atoms with Crippen molar-refractivity contribution in [2.45, 2.75) is 52.1 Å². The van der Waals surface area contributed by atoms with Crippen molar-refractivity contribution in [3.05, 3.63) is 0 Å². The summed E-state index contributed by atoms with van der Waals surface area (Å²) in [4.78, 5) is 0. The van der Waals surface area contributed by atoms with Crippen LogP contribution in [0.15, 0.2) is 0 Å². The second-order valence-electron chi connectivity index (χ2n) is 3.70. The van der Waals surface area contributed by atoms with Gasteiger partial charge in [-0.25, -0.2) is 0 Å². The van der Waals surface area contributed by atoms with Crippen molar-refractivity contribution in [2.24, 2.45) is 5.73 Å². The van der Waals surface area contributed by atoms with Crippen molar-refractivity contribution in [1.29, 1.82) is 0 Å². The van der Waals surface area contributed by atoms with E-state index in [1.54, 1.807) is 0 Å². The van der Waals surface area contributed by atoms with Gasteiger partial charge in [0.1, 0.15) is 0 Å². The SMILES string of the molecule is CCC(C)NCC(C)(N)CC. The highest BCUT2D eigenvalue weighted by Crippen LogP contribution is 2.02. The first kappa shape index (κ1) is 10.9. The second-order valence-corrected chi connectivity index (χ2v) is 3.70. The average Bonchev–Trinajstić information content (AvgIpc) is 2.00. The summed E-state index contributed by atoms with van der Waals surface area (Å²) in [5.41, 5.74) is 5.92. The zero-order valence-electron chi connectivity index (χ0n) is 8.28. The molecule has 0 aromatic rings. The van der Waals surface area contributed by atoms with Crippen molar-refractivity contribution in [3.63, 3.8) is 0 Å². The van der Waals surface area contributed by atoms with E-state index in [-0.39, 0.29) is 5.54 Å². The normalized spacial score (nSPS) is 19.4. The highest BCUT2D eigenvalue weighted by Gasteiger charge is 2.15. The molecule has 2 atom stereocenters. The minimum atomic E-state index is -0.0383. The fraction of sp³-hybridized carbons (Fsp3) is 1.00. The number of hydrogen-bond acceptors (Lipinski definition) is 2. The molecule has 0 rings (SSSR count). The average molecular weight is 158 g/mol. The summed E-state index contributed by atoms with van der Waals surface area (Å²) in [7, 11) is 0. The minimum Gasteiger partial charge on any atom is -0.324 e. The summed E-state index contributed by atoms with van der Waals surface area (Å²) < 4.78 is 0. The molecule has 0 aliphatic rings. The molecule has 2 unspecified atom stereocenters. The van der Waals surface area contributed by atoms with Crippen LogP contribution in [0.5, 0.6) is 0 Å². The zero-order chi connectivity index (χ0) is 8.91. The highest BCUT2D eigenvalue weighted by molar-refractivity contribution is 4.80. The summed E-state index contributed by atoms with van der Waals surface area (Å²) in [6.07, 6.45) is 2.19. The largest absolute Gasteiger partial charge is 0.324 e. The Hall–Kier alpha value is -0.0800. The molecule has 0 aliphatic carbocycles. The predicted molar refractivity (Wildman–Crippen MR) is 50.6 cm³/mol. The van der Waals surface area contributed by atoms with Crippen molar-refractivity contribution < 1.29 is 0 Å². The van der Waals surface area contributed by atoms with Crippen LogP contribution in [0.25, 0.3) is 0 Å². The second kappa shape index (κ2) is 4.73. The molecular formula is C9H22N2. The van der Waals surface area contributed by atoms with E-state index in [0.717, 1.165) is 13.0 Å². The van der Waals surface area contributed by atoms with Crippen LogP contribution in [-0.2, 0) is 0 Å². The van der Waals surface area contributed by atoms with E-state index in [2.05, 4.69) is 33.0 Å². The minimum absolute atomic E-state index is 0.0383. The van der Waals surface area contributed by atoms with Crippen LogP contribution < -0.4 is 11.1 Å². The molecule has 2 heteroatoms. The first-order valence-electron chi connectivity index (χ1n) is 4.54. The monoisotopic (exact) mass is 158 g/mol. The third-order valence-electron chi connectivity index (χ3n) is 2.27. The van der Waals surface area contributed by atoms with Crippen LogP contribution in [0, 0.1) is 0 Å². The highest BCUT2D eigenvalue weighted by atomic mass is 14.9. The van der Waals surface area contributed by atoms with E-state index in [4.69, 9.17) is 5.73 Å². The van der Waals surface area contributed by atoms with Crippen LogP contribution in [0.4, 0.5) is 0 Å². The first-order chi connectivity index (χ1) is 5.02. The van der Waals surface area contributed by atoms with E-state index < -0.39 is 0 Å². The van der Waals surface area contributed by atoms with E-state index in [1.165, 1.54) is 6.42 Å². The number of hydrogen-bond donors (Lipinski definition) is 2. The maximum Gasteiger partial charge on any atom is 0.0249 e. The van der Waals surface area contributed by atoms with Gasteiger partial charge in [-0.2, -0.15) is 0 Å². The predicted octanol–water partition coefficient (Wildman–Crippen LogP) is 1.50. The zero-order valence-corrected chi connectivity index (χ0v) is 8.28. The van der Waals surface area contributed by atoms with Crippen LogP contribution in [0.2, 0.25) is 0 Å². The molecule has 0 saturated heterocycles. The first-order valence-corrected chi connectivity index (χ1v) is 4.54. The molecule has 11 heavy (non-hydrogen) atoms. The van der Waals surface area contributed by atoms with Gasteiger partial charge in [0.05, 0.1) is 0 Å². The van der Waals surface area contributed by atoms with E-state index >= 15 is 0 Å². The van der Waals surface area contributed by atoms with E-state index in [9.17, 15) is 0 Å². The van der Waals surface area contributed by atoms with Crippen molar-refractivity contribution in [1.82, 2.24) is 5.32 Å². The molecule has 68 valence electrons. The van der Waals surface area contributed by atoms with E-state index in [0.29, 0.717) is 6.04 Å². The Labute approximate surface area is 70.5 Å². The molecule has 0 fully saturated rings. The van der Waals surface area contributed by atoms with Gasteiger partial charge >= 0.3 is 0 Å². The lowest BCUT2D eigenvalue weighted by atomic mass is 10.0. The Kier molecular flexibility index (Phi) is 4.69. The summed E-state index contributed by atoms with van der Waals surface area (Å²) in [5, 5.41) is 3.40. The summed E-state index contributed by atoms with van der Waals surface area (Å²) in [5.74, 6) is 0. The Bertz CT molecular complexity index is 99.7. The molecular weight excluding hydrogens is 136 g/mol. The molecule has 0 spiro atoms. The Morgan fingerprint density at radius 2 is 2.00 bits per heavy atom. The maximum atomic E-state index is 5.96. The summed E-state index contributed by atoms with van der Waals surface area (Å²) >= 11 is 0. The summed E-state index contributed by atoms with van der Waals surface area (Å²) in [6, 6.07) is 0.587. The lowest BCUT2D eigenvalue weighted by Crippen LogP contribution is -2.47. The number of nitrogens with one attached hydrogen (secondary N) is 1. The van der Waals surface area contributed by atoms with Crippen LogP contribution in [0.1, 0.15) is 40.5 Å². The fourth-order valence-electron chi connectivity index (χ4n) is 0.677. The van der Waals surface area contributed by atoms with Gasteiger partial charge in [-0.15, -0.1) is 0 Å². The van der Waals surface area contributed by atoms with Gasteiger partial charge < -0.3 is 11.1 Å². The molecule has 0 aromatic heterocycles. The molecule has 0 amide bonds. The van der Waals surface area contributed by atoms with Crippen molar-refractivity contribution >= 4 is 0 Å². The molecule has 0 bridgehead atoms. The third kappa shape index (κ3) is 5.22. The van der Waals surface area contributed by atoms with Crippen LogP contribution >= 0.6 is 0 Å². The van der Waals surface area contributed by atoms with Crippen LogP contribution in [-0.4, -0.2) is 18.1 Å². The lowest BCUT2D eigenvalue weighted by Gasteiger charge is -2.25. The molecule has 0 saturated carbocycles. The van der Waals surface area contributed by atoms with Gasteiger partial charge in [0.15, 0.2) is 0 Å². The Morgan fingerprint density at radius 3 is 2.36 bits per heavy atom. The Morgan fingerprint density at radius 1 is 1.45 bits per heavy atom. The van der Waals surface area contributed by atoms with Gasteiger partial charge in [-0.05, 0) is 26.7 Å². The molecule has 0 aromatic carbocycles. The smallest absolute Gasteiger partial charge is 0.0249 e. The molecule has 0 radical (unpaired) electrons. The fourth-order valence-corrected chi connectivity index (χ4v) is 0.677.